The number of carbonyl (C=O) groups excluding carboxylic acids is 2. The molecule has 0 amide bonds. The van der Waals surface area contributed by atoms with Crippen LogP contribution in [-0.4, -0.2) is 30.8 Å². The molecule has 0 saturated carbocycles. The van der Waals surface area contributed by atoms with Crippen LogP contribution in [0.5, 0.6) is 0 Å². The topological polar surface area (TPSA) is 52.6 Å². The van der Waals surface area contributed by atoms with E-state index in [-0.39, 0.29) is 19.6 Å². The van der Waals surface area contributed by atoms with Crippen LogP contribution >= 0.6 is 0 Å². The van der Waals surface area contributed by atoms with Gasteiger partial charge in [-0.3, -0.25) is 0 Å². The highest BCUT2D eigenvalue weighted by Crippen LogP contribution is 2.22. The molecule has 19 heavy (non-hydrogen) atoms. The van der Waals surface area contributed by atoms with Crippen molar-refractivity contribution in [2.45, 2.75) is 39.3 Å². The van der Waals surface area contributed by atoms with E-state index in [0.29, 0.717) is 6.42 Å². The zero-order valence-corrected chi connectivity index (χ0v) is 11.6. The summed E-state index contributed by atoms with van der Waals surface area (Å²) >= 11 is 0. The van der Waals surface area contributed by atoms with E-state index in [4.69, 9.17) is 9.47 Å². The molecular formula is C14H21FO4. The highest BCUT2D eigenvalue weighted by molar-refractivity contribution is 6.03. The Kier molecular flexibility index (Phi) is 8.49. The van der Waals surface area contributed by atoms with Crippen LogP contribution in [0.4, 0.5) is 4.39 Å². The maximum absolute atomic E-state index is 14.4. The Hall–Kier alpha value is -1.65. The van der Waals surface area contributed by atoms with Gasteiger partial charge in [-0.2, -0.15) is 0 Å². The molecule has 0 N–H and O–H groups in total. The Balaban J connectivity index is 4.70. The van der Waals surface area contributed by atoms with Gasteiger partial charge in [0.25, 0.3) is 0 Å². The molecule has 0 aromatic heterocycles. The molecule has 0 aromatic rings. The van der Waals surface area contributed by atoms with Crippen molar-refractivity contribution in [3.63, 3.8) is 0 Å². The number of allylic oxidation sites excluding steroid dienone is 2. The first kappa shape index (κ1) is 17.4. The fraction of sp³-hybridized carbons (Fsp3) is 0.571. The predicted molar refractivity (Wildman–Crippen MR) is 70.3 cm³/mol. The molecule has 0 aliphatic carbocycles. The van der Waals surface area contributed by atoms with Crippen LogP contribution in [0, 0.1) is 0 Å². The van der Waals surface area contributed by atoms with Crippen LogP contribution in [0.1, 0.15) is 33.6 Å². The highest BCUT2D eigenvalue weighted by Gasteiger charge is 2.49. The molecule has 0 radical (unpaired) electrons. The summed E-state index contributed by atoms with van der Waals surface area (Å²) in [6, 6.07) is 0. The van der Waals surface area contributed by atoms with Gasteiger partial charge in [0.05, 0.1) is 0 Å². The third-order valence-corrected chi connectivity index (χ3v) is 2.33. The molecule has 0 atom stereocenters. The van der Waals surface area contributed by atoms with Gasteiger partial charge in [-0.25, -0.2) is 14.0 Å². The van der Waals surface area contributed by atoms with E-state index >= 15 is 0 Å². The van der Waals surface area contributed by atoms with Gasteiger partial charge in [-0.15, -0.1) is 0 Å². The van der Waals surface area contributed by atoms with Gasteiger partial charge >= 0.3 is 17.6 Å². The van der Waals surface area contributed by atoms with Crippen LogP contribution in [0.2, 0.25) is 0 Å². The van der Waals surface area contributed by atoms with Crippen LogP contribution in [-0.2, 0) is 19.1 Å². The normalized spacial score (nSPS) is 12.0. The van der Waals surface area contributed by atoms with Crippen molar-refractivity contribution in [2.24, 2.45) is 0 Å². The second-order valence-electron chi connectivity index (χ2n) is 3.89. The second kappa shape index (κ2) is 9.30. The second-order valence-corrected chi connectivity index (χ2v) is 3.89. The van der Waals surface area contributed by atoms with E-state index < -0.39 is 17.6 Å². The van der Waals surface area contributed by atoms with Gasteiger partial charge in [0, 0.05) is 6.42 Å². The number of ether oxygens (including phenoxy) is 2. The lowest BCUT2D eigenvalue weighted by molar-refractivity contribution is -0.174. The fourth-order valence-electron chi connectivity index (χ4n) is 1.30. The number of halogens is 1. The summed E-state index contributed by atoms with van der Waals surface area (Å²) in [5, 5.41) is 0. The summed E-state index contributed by atoms with van der Waals surface area (Å²) in [6.07, 6.45) is 6.50. The molecule has 4 nitrogen and oxygen atoms in total. The monoisotopic (exact) mass is 272 g/mol. The molecule has 0 fully saturated rings. The van der Waals surface area contributed by atoms with Crippen molar-refractivity contribution in [1.29, 1.82) is 0 Å². The maximum Gasteiger partial charge on any atom is 0.356 e. The number of rotatable bonds is 8. The summed E-state index contributed by atoms with van der Waals surface area (Å²) in [5.74, 6) is -2.39. The van der Waals surface area contributed by atoms with Gasteiger partial charge in [-0.1, -0.05) is 37.6 Å². The van der Waals surface area contributed by atoms with Crippen molar-refractivity contribution in [1.82, 2.24) is 0 Å². The summed E-state index contributed by atoms with van der Waals surface area (Å²) < 4.78 is 23.9. The van der Waals surface area contributed by atoms with Gasteiger partial charge < -0.3 is 9.47 Å². The van der Waals surface area contributed by atoms with Gasteiger partial charge in [-0.05, 0) is 13.8 Å². The average Bonchev–Trinajstić information content (AvgIpc) is 2.39. The third-order valence-electron chi connectivity index (χ3n) is 2.33. The molecule has 5 heteroatoms. The summed E-state index contributed by atoms with van der Waals surface area (Å²) in [5.41, 5.74) is -2.72. The van der Waals surface area contributed by atoms with Crippen LogP contribution < -0.4 is 0 Å². The lowest BCUT2D eigenvalue weighted by atomic mass is 10.0. The molecule has 0 unspecified atom stereocenters. The molecule has 0 aliphatic rings. The smallest absolute Gasteiger partial charge is 0.356 e. The Labute approximate surface area is 113 Å². The van der Waals surface area contributed by atoms with E-state index in [0.717, 1.165) is 0 Å². The first-order valence-corrected chi connectivity index (χ1v) is 6.28. The van der Waals surface area contributed by atoms with Crippen molar-refractivity contribution >= 4 is 11.9 Å². The Morgan fingerprint density at radius 1 is 1.05 bits per heavy atom. The largest absolute Gasteiger partial charge is 0.459 e. The summed E-state index contributed by atoms with van der Waals surface area (Å²) in [4.78, 5) is 23.3. The minimum atomic E-state index is -2.72. The number of hydrogen-bond donors (Lipinski definition) is 0. The van der Waals surface area contributed by atoms with E-state index in [2.05, 4.69) is 0 Å². The van der Waals surface area contributed by atoms with Crippen LogP contribution in [0.3, 0.4) is 0 Å². The molecule has 0 bridgehead atoms. The zero-order valence-electron chi connectivity index (χ0n) is 11.6. The number of alkyl halides is 1. The lowest BCUT2D eigenvalue weighted by Gasteiger charge is -2.20. The molecule has 0 heterocycles. The van der Waals surface area contributed by atoms with E-state index in [1.165, 1.54) is 0 Å². The standard InChI is InChI=1S/C14H21FO4/c1-4-7-10-18-12(16)14(15,9-6-3)13(17)19-11-8-5-2/h4-5,7-8H,6,9-11H2,1-3H3/b7-4+,8-5+. The molecule has 0 saturated heterocycles. The minimum Gasteiger partial charge on any atom is -0.459 e. The van der Waals surface area contributed by atoms with Crippen LogP contribution in [0.15, 0.2) is 24.3 Å². The van der Waals surface area contributed by atoms with Crippen LogP contribution in [0.25, 0.3) is 0 Å². The number of carbonyl (C=O) groups is 2. The third kappa shape index (κ3) is 5.68. The zero-order chi connectivity index (χ0) is 14.7. The first-order chi connectivity index (χ1) is 9.02. The molecule has 0 spiro atoms. The molecular weight excluding hydrogens is 251 g/mol. The summed E-state index contributed by atoms with van der Waals surface area (Å²) in [7, 11) is 0. The SMILES string of the molecule is C/C=C/COC(=O)C(F)(CCC)C(=O)OC/C=C/C. The number of esters is 2. The molecule has 0 aliphatic heterocycles. The predicted octanol–water partition coefficient (Wildman–Crippen LogP) is 2.73. The summed E-state index contributed by atoms with van der Waals surface area (Å²) in [6.45, 7) is 5.04. The quantitative estimate of drug-likeness (QED) is 0.387. The van der Waals surface area contributed by atoms with Gasteiger partial charge in [0.1, 0.15) is 13.2 Å². The minimum absolute atomic E-state index is 0.0626. The van der Waals surface area contributed by atoms with Crippen molar-refractivity contribution in [3.05, 3.63) is 24.3 Å². The Bertz CT molecular complexity index is 319. The molecule has 0 rings (SSSR count). The first-order valence-electron chi connectivity index (χ1n) is 6.28. The number of hydrogen-bond acceptors (Lipinski definition) is 4. The average molecular weight is 272 g/mol. The van der Waals surface area contributed by atoms with Gasteiger partial charge in [0.15, 0.2) is 0 Å². The van der Waals surface area contributed by atoms with Crippen molar-refractivity contribution < 1.29 is 23.5 Å². The Morgan fingerprint density at radius 2 is 1.47 bits per heavy atom. The van der Waals surface area contributed by atoms with Gasteiger partial charge in [0.2, 0.25) is 0 Å². The van der Waals surface area contributed by atoms with E-state index in [1.807, 2.05) is 0 Å². The van der Waals surface area contributed by atoms with E-state index in [1.54, 1.807) is 45.1 Å². The highest BCUT2D eigenvalue weighted by atomic mass is 19.1. The molecule has 0 aromatic carbocycles. The lowest BCUT2D eigenvalue weighted by Crippen LogP contribution is -2.45. The molecule has 108 valence electrons. The van der Waals surface area contributed by atoms with E-state index in [9.17, 15) is 14.0 Å². The fourth-order valence-corrected chi connectivity index (χ4v) is 1.30. The van der Waals surface area contributed by atoms with Crippen molar-refractivity contribution in [2.75, 3.05) is 13.2 Å². The Morgan fingerprint density at radius 3 is 1.79 bits per heavy atom. The maximum atomic E-state index is 14.4. The van der Waals surface area contributed by atoms with Crippen molar-refractivity contribution in [3.8, 4) is 0 Å².